The third-order valence-electron chi connectivity index (χ3n) is 2.85. The van der Waals surface area contributed by atoms with E-state index < -0.39 is 24.3 Å². The van der Waals surface area contributed by atoms with E-state index in [2.05, 4.69) is 5.32 Å². The fourth-order valence-corrected chi connectivity index (χ4v) is 1.81. The van der Waals surface area contributed by atoms with Crippen molar-refractivity contribution in [3.63, 3.8) is 0 Å². The number of carbonyl (C=O) groups is 2. The molecule has 114 valence electrons. The van der Waals surface area contributed by atoms with Crippen LogP contribution in [0, 0.1) is 5.82 Å². The van der Waals surface area contributed by atoms with Crippen molar-refractivity contribution < 1.29 is 18.7 Å². The summed E-state index contributed by atoms with van der Waals surface area (Å²) >= 11 is 5.71. The fraction of sp³-hybridized carbons (Fsp3) is 0.125. The van der Waals surface area contributed by atoms with Gasteiger partial charge in [0, 0.05) is 17.1 Å². The van der Waals surface area contributed by atoms with Gasteiger partial charge in [-0.15, -0.1) is 0 Å². The summed E-state index contributed by atoms with van der Waals surface area (Å²) < 4.78 is 18.2. The second-order valence-electron chi connectivity index (χ2n) is 4.45. The number of esters is 1. The van der Waals surface area contributed by atoms with E-state index in [0.29, 0.717) is 16.1 Å². The van der Waals surface area contributed by atoms with Crippen LogP contribution in [0.15, 0.2) is 48.5 Å². The summed E-state index contributed by atoms with van der Waals surface area (Å²) in [6.07, 6.45) is 0. The second kappa shape index (κ2) is 7.56. The molecule has 2 rings (SSSR count). The number of nitrogens with one attached hydrogen (secondary N) is 1. The zero-order valence-electron chi connectivity index (χ0n) is 11.5. The van der Waals surface area contributed by atoms with E-state index in [4.69, 9.17) is 16.3 Å². The molecule has 0 aliphatic carbocycles. The van der Waals surface area contributed by atoms with Gasteiger partial charge in [0.15, 0.2) is 6.61 Å². The second-order valence-corrected chi connectivity index (χ2v) is 4.89. The van der Waals surface area contributed by atoms with E-state index in [-0.39, 0.29) is 6.54 Å². The molecule has 0 saturated heterocycles. The van der Waals surface area contributed by atoms with E-state index >= 15 is 0 Å². The zero-order valence-corrected chi connectivity index (χ0v) is 12.3. The van der Waals surface area contributed by atoms with Crippen molar-refractivity contribution >= 4 is 23.5 Å². The van der Waals surface area contributed by atoms with Crippen LogP contribution >= 0.6 is 11.6 Å². The highest BCUT2D eigenvalue weighted by Gasteiger charge is 2.10. The number of halogens is 2. The van der Waals surface area contributed by atoms with Gasteiger partial charge in [0.25, 0.3) is 5.91 Å². The highest BCUT2D eigenvalue weighted by atomic mass is 35.5. The van der Waals surface area contributed by atoms with Crippen molar-refractivity contribution in [3.05, 3.63) is 70.5 Å². The maximum absolute atomic E-state index is 13.4. The van der Waals surface area contributed by atoms with Crippen LogP contribution in [0.25, 0.3) is 0 Å². The Bertz CT molecular complexity index is 673. The van der Waals surface area contributed by atoms with Crippen LogP contribution in [0.2, 0.25) is 5.02 Å². The number of ether oxygens (including phenoxy) is 1. The van der Waals surface area contributed by atoms with Crippen molar-refractivity contribution in [1.29, 1.82) is 0 Å². The molecule has 6 heteroatoms. The predicted molar refractivity (Wildman–Crippen MR) is 80.0 cm³/mol. The fourth-order valence-electron chi connectivity index (χ4n) is 1.69. The van der Waals surface area contributed by atoms with E-state index in [0.717, 1.165) is 0 Å². The SMILES string of the molecule is O=C(COC(=O)c1ccc(Cl)cc1)NCc1ccccc1F. The minimum absolute atomic E-state index is 0.0317. The molecule has 0 aliphatic heterocycles. The van der Waals surface area contributed by atoms with Gasteiger partial charge in [-0.25, -0.2) is 9.18 Å². The molecule has 0 saturated carbocycles. The Morgan fingerprint density at radius 2 is 1.77 bits per heavy atom. The van der Waals surface area contributed by atoms with E-state index in [9.17, 15) is 14.0 Å². The minimum atomic E-state index is -0.627. The molecule has 2 aromatic rings. The highest BCUT2D eigenvalue weighted by Crippen LogP contribution is 2.10. The van der Waals surface area contributed by atoms with Crippen LogP contribution in [-0.4, -0.2) is 18.5 Å². The summed E-state index contributed by atoms with van der Waals surface area (Å²) in [5.41, 5.74) is 0.659. The number of benzene rings is 2. The van der Waals surface area contributed by atoms with Crippen LogP contribution < -0.4 is 5.32 Å². The first kappa shape index (κ1) is 16.0. The largest absolute Gasteiger partial charge is 0.452 e. The van der Waals surface area contributed by atoms with Gasteiger partial charge in [0.2, 0.25) is 0 Å². The molecule has 0 aromatic heterocycles. The first-order valence-electron chi connectivity index (χ1n) is 6.49. The summed E-state index contributed by atoms with van der Waals surface area (Å²) in [7, 11) is 0. The smallest absolute Gasteiger partial charge is 0.338 e. The lowest BCUT2D eigenvalue weighted by molar-refractivity contribution is -0.124. The summed E-state index contributed by atoms with van der Waals surface area (Å²) in [5, 5.41) is 2.98. The molecule has 0 fully saturated rings. The van der Waals surface area contributed by atoms with Crippen molar-refractivity contribution in [2.45, 2.75) is 6.54 Å². The molecule has 0 unspecified atom stereocenters. The molecule has 1 N–H and O–H groups in total. The molecule has 4 nitrogen and oxygen atoms in total. The molecule has 2 aromatic carbocycles. The monoisotopic (exact) mass is 321 g/mol. The lowest BCUT2D eigenvalue weighted by Crippen LogP contribution is -2.28. The quantitative estimate of drug-likeness (QED) is 0.861. The summed E-state index contributed by atoms with van der Waals surface area (Å²) in [5.74, 6) is -1.54. The molecule has 0 bridgehead atoms. The van der Waals surface area contributed by atoms with Gasteiger partial charge in [-0.05, 0) is 30.3 Å². The maximum Gasteiger partial charge on any atom is 0.338 e. The Morgan fingerprint density at radius 1 is 1.09 bits per heavy atom. The standard InChI is InChI=1S/C16H13ClFNO3/c17-13-7-5-11(6-8-13)16(21)22-10-15(20)19-9-12-3-1-2-4-14(12)18/h1-8H,9-10H2,(H,19,20). The minimum Gasteiger partial charge on any atom is -0.452 e. The molecular formula is C16H13ClFNO3. The van der Waals surface area contributed by atoms with E-state index in [1.54, 1.807) is 30.3 Å². The number of carbonyl (C=O) groups excluding carboxylic acids is 2. The summed E-state index contributed by atoms with van der Waals surface area (Å²) in [4.78, 5) is 23.3. The van der Waals surface area contributed by atoms with Crippen LogP contribution in [0.1, 0.15) is 15.9 Å². The molecular weight excluding hydrogens is 309 g/mol. The van der Waals surface area contributed by atoms with Gasteiger partial charge in [-0.2, -0.15) is 0 Å². The van der Waals surface area contributed by atoms with E-state index in [1.165, 1.54) is 18.2 Å². The first-order chi connectivity index (χ1) is 10.6. The van der Waals surface area contributed by atoms with Crippen molar-refractivity contribution in [3.8, 4) is 0 Å². The number of rotatable bonds is 5. The lowest BCUT2D eigenvalue weighted by Gasteiger charge is -2.07. The van der Waals surface area contributed by atoms with E-state index in [1.807, 2.05) is 0 Å². The van der Waals surface area contributed by atoms with Gasteiger partial charge < -0.3 is 10.1 Å². The molecule has 0 aliphatic rings. The first-order valence-corrected chi connectivity index (χ1v) is 6.87. The third-order valence-corrected chi connectivity index (χ3v) is 3.10. The lowest BCUT2D eigenvalue weighted by atomic mass is 10.2. The van der Waals surface area contributed by atoms with Crippen molar-refractivity contribution in [2.75, 3.05) is 6.61 Å². The summed E-state index contributed by atoms with van der Waals surface area (Å²) in [6.45, 7) is -0.403. The summed E-state index contributed by atoms with van der Waals surface area (Å²) in [6, 6.07) is 12.2. The molecule has 0 atom stereocenters. The third kappa shape index (κ3) is 4.56. The highest BCUT2D eigenvalue weighted by molar-refractivity contribution is 6.30. The van der Waals surface area contributed by atoms with Gasteiger partial charge in [0.1, 0.15) is 5.82 Å². The Kier molecular flexibility index (Phi) is 5.49. The maximum atomic E-state index is 13.4. The Balaban J connectivity index is 1.79. The molecule has 0 heterocycles. The van der Waals surface area contributed by atoms with Crippen molar-refractivity contribution in [2.24, 2.45) is 0 Å². The molecule has 22 heavy (non-hydrogen) atoms. The number of hydrogen-bond donors (Lipinski definition) is 1. The normalized spacial score (nSPS) is 10.1. The van der Waals surface area contributed by atoms with Crippen LogP contribution in [-0.2, 0) is 16.1 Å². The number of hydrogen-bond acceptors (Lipinski definition) is 3. The number of amides is 1. The molecule has 0 radical (unpaired) electrons. The van der Waals surface area contributed by atoms with Crippen LogP contribution in [0.5, 0.6) is 0 Å². The van der Waals surface area contributed by atoms with Gasteiger partial charge >= 0.3 is 5.97 Å². The van der Waals surface area contributed by atoms with Crippen LogP contribution in [0.3, 0.4) is 0 Å². The zero-order chi connectivity index (χ0) is 15.9. The molecule has 1 amide bonds. The van der Waals surface area contributed by atoms with Gasteiger partial charge in [0.05, 0.1) is 5.56 Å². The van der Waals surface area contributed by atoms with Gasteiger partial charge in [-0.1, -0.05) is 29.8 Å². The Morgan fingerprint density at radius 3 is 2.45 bits per heavy atom. The topological polar surface area (TPSA) is 55.4 Å². The average molecular weight is 322 g/mol. The average Bonchev–Trinajstić information content (AvgIpc) is 2.52. The van der Waals surface area contributed by atoms with Crippen molar-refractivity contribution in [1.82, 2.24) is 5.32 Å². The van der Waals surface area contributed by atoms with Gasteiger partial charge in [-0.3, -0.25) is 4.79 Å². The van der Waals surface area contributed by atoms with Crippen LogP contribution in [0.4, 0.5) is 4.39 Å². The predicted octanol–water partition coefficient (Wildman–Crippen LogP) is 2.95. The Hall–Kier alpha value is -2.40. The Labute approximate surface area is 131 Å². The molecule has 0 spiro atoms.